The first-order valence-corrected chi connectivity index (χ1v) is 9.38. The average Bonchev–Trinajstić information content (AvgIpc) is 3.24. The molecule has 2 atom stereocenters. The number of halogens is 1. The van der Waals surface area contributed by atoms with Crippen molar-refractivity contribution in [1.29, 1.82) is 0 Å². The Morgan fingerprint density at radius 1 is 1.40 bits per heavy atom. The lowest BCUT2D eigenvalue weighted by Gasteiger charge is -2.32. The first kappa shape index (κ1) is 20.2. The van der Waals surface area contributed by atoms with Crippen molar-refractivity contribution in [3.8, 4) is 0 Å². The molecule has 0 spiro atoms. The van der Waals surface area contributed by atoms with Crippen molar-refractivity contribution in [2.75, 3.05) is 26.2 Å². The summed E-state index contributed by atoms with van der Waals surface area (Å²) in [5, 5.41) is 10.8. The molecule has 6 nitrogen and oxygen atoms in total. The highest BCUT2D eigenvalue weighted by molar-refractivity contribution is 5.85. The van der Waals surface area contributed by atoms with Crippen molar-refractivity contribution >= 4 is 18.3 Å². The molecule has 0 bridgehead atoms. The van der Waals surface area contributed by atoms with Crippen LogP contribution in [0.25, 0.3) is 0 Å². The summed E-state index contributed by atoms with van der Waals surface area (Å²) in [6, 6.07) is 0.443. The van der Waals surface area contributed by atoms with E-state index in [2.05, 4.69) is 40.7 Å². The summed E-state index contributed by atoms with van der Waals surface area (Å²) in [5.41, 5.74) is 1.28. The Hall–Kier alpha value is -1.11. The summed E-state index contributed by atoms with van der Waals surface area (Å²) in [5.74, 6) is 0.743. The highest BCUT2D eigenvalue weighted by Gasteiger charge is 2.24. The SMILES string of the molecule is CC(C)n1cc(CN2CCCC(CNC(=O)C3CCCN3)C2)cn1.Cl. The minimum Gasteiger partial charge on any atom is -0.354 e. The molecule has 2 aliphatic rings. The third-order valence-corrected chi connectivity index (χ3v) is 5.14. The summed E-state index contributed by atoms with van der Waals surface area (Å²) in [6.45, 7) is 9.23. The van der Waals surface area contributed by atoms with Crippen LogP contribution in [-0.4, -0.2) is 52.8 Å². The van der Waals surface area contributed by atoms with Gasteiger partial charge in [0.15, 0.2) is 0 Å². The zero-order valence-corrected chi connectivity index (χ0v) is 16.2. The molecule has 0 aromatic carbocycles. The molecular weight excluding hydrogens is 338 g/mol. The number of rotatable bonds is 6. The number of nitrogens with one attached hydrogen (secondary N) is 2. The average molecular weight is 370 g/mol. The number of likely N-dealkylation sites (tertiary alicyclic amines) is 1. The van der Waals surface area contributed by atoms with Crippen LogP contribution in [0.3, 0.4) is 0 Å². The standard InChI is InChI=1S/C18H31N5O.ClH/c1-14(2)23-13-16(10-21-23)12-22-8-4-5-15(11-22)9-20-18(24)17-6-3-7-19-17;/h10,13-15,17,19H,3-9,11-12H2,1-2H3,(H,20,24);1H. The van der Waals surface area contributed by atoms with Crippen molar-refractivity contribution in [2.45, 2.75) is 58.2 Å². The highest BCUT2D eigenvalue weighted by Crippen LogP contribution is 2.18. The van der Waals surface area contributed by atoms with Gasteiger partial charge in [0.1, 0.15) is 0 Å². The number of carbonyl (C=O) groups excluding carboxylic acids is 1. The number of amides is 1. The molecule has 1 amide bonds. The van der Waals surface area contributed by atoms with Crippen LogP contribution in [0.4, 0.5) is 0 Å². The van der Waals surface area contributed by atoms with Crippen LogP contribution in [0.15, 0.2) is 12.4 Å². The molecule has 2 N–H and O–H groups in total. The third kappa shape index (κ3) is 5.69. The van der Waals surface area contributed by atoms with E-state index in [1.54, 1.807) is 0 Å². The van der Waals surface area contributed by atoms with E-state index in [-0.39, 0.29) is 24.4 Å². The lowest BCUT2D eigenvalue weighted by Crippen LogP contribution is -2.45. The molecule has 2 aliphatic heterocycles. The first-order valence-electron chi connectivity index (χ1n) is 9.38. The number of piperidine rings is 1. The van der Waals surface area contributed by atoms with E-state index in [0.29, 0.717) is 12.0 Å². The van der Waals surface area contributed by atoms with Gasteiger partial charge in [-0.25, -0.2) is 0 Å². The van der Waals surface area contributed by atoms with Gasteiger partial charge in [-0.05, 0) is 58.5 Å². The normalized spacial score (nSPS) is 24.3. The maximum atomic E-state index is 12.1. The van der Waals surface area contributed by atoms with E-state index in [4.69, 9.17) is 0 Å². The smallest absolute Gasteiger partial charge is 0.237 e. The minimum absolute atomic E-state index is 0. The molecule has 0 aliphatic carbocycles. The van der Waals surface area contributed by atoms with Crippen molar-refractivity contribution in [3.05, 3.63) is 18.0 Å². The van der Waals surface area contributed by atoms with Gasteiger partial charge in [-0.15, -0.1) is 12.4 Å². The Balaban J connectivity index is 0.00000225. The van der Waals surface area contributed by atoms with Crippen molar-refractivity contribution in [2.24, 2.45) is 5.92 Å². The van der Waals surface area contributed by atoms with Gasteiger partial charge in [0.2, 0.25) is 5.91 Å². The second kappa shape index (κ2) is 9.55. The molecule has 2 fully saturated rings. The quantitative estimate of drug-likeness (QED) is 0.804. The van der Waals surface area contributed by atoms with Crippen molar-refractivity contribution in [3.63, 3.8) is 0 Å². The fraction of sp³-hybridized carbons (Fsp3) is 0.778. The number of nitrogens with zero attached hydrogens (tertiary/aromatic N) is 3. The van der Waals surface area contributed by atoms with Crippen LogP contribution in [0.1, 0.15) is 51.1 Å². The van der Waals surface area contributed by atoms with Crippen LogP contribution in [0.5, 0.6) is 0 Å². The van der Waals surface area contributed by atoms with Crippen LogP contribution in [0.2, 0.25) is 0 Å². The van der Waals surface area contributed by atoms with E-state index in [1.165, 1.54) is 18.4 Å². The maximum Gasteiger partial charge on any atom is 0.237 e. The van der Waals surface area contributed by atoms with E-state index in [0.717, 1.165) is 45.6 Å². The topological polar surface area (TPSA) is 62.2 Å². The minimum atomic E-state index is 0. The van der Waals surface area contributed by atoms with Crippen LogP contribution in [0, 0.1) is 5.92 Å². The van der Waals surface area contributed by atoms with Gasteiger partial charge >= 0.3 is 0 Å². The molecule has 3 heterocycles. The van der Waals surface area contributed by atoms with Gasteiger partial charge in [0, 0.05) is 37.4 Å². The Bertz CT molecular complexity index is 541. The van der Waals surface area contributed by atoms with Gasteiger partial charge in [0.05, 0.1) is 12.2 Å². The summed E-state index contributed by atoms with van der Waals surface area (Å²) in [4.78, 5) is 14.6. The van der Waals surface area contributed by atoms with Crippen LogP contribution >= 0.6 is 12.4 Å². The Kier molecular flexibility index (Phi) is 7.72. The number of aromatic nitrogens is 2. The molecule has 7 heteroatoms. The maximum absolute atomic E-state index is 12.1. The second-order valence-corrected chi connectivity index (χ2v) is 7.56. The van der Waals surface area contributed by atoms with Crippen molar-refractivity contribution in [1.82, 2.24) is 25.3 Å². The van der Waals surface area contributed by atoms with Gasteiger partial charge in [-0.1, -0.05) is 0 Å². The number of carbonyl (C=O) groups is 1. The molecule has 142 valence electrons. The van der Waals surface area contributed by atoms with Gasteiger partial charge in [-0.3, -0.25) is 14.4 Å². The predicted octanol–water partition coefficient (Wildman–Crippen LogP) is 1.97. The summed E-state index contributed by atoms with van der Waals surface area (Å²) in [6.07, 6.45) is 8.64. The molecule has 1 aromatic heterocycles. The molecule has 0 saturated carbocycles. The van der Waals surface area contributed by atoms with Crippen LogP contribution < -0.4 is 10.6 Å². The summed E-state index contributed by atoms with van der Waals surface area (Å²) < 4.78 is 2.02. The van der Waals surface area contributed by atoms with Gasteiger partial charge in [-0.2, -0.15) is 5.10 Å². The molecule has 25 heavy (non-hydrogen) atoms. The fourth-order valence-electron chi connectivity index (χ4n) is 3.74. The molecule has 2 saturated heterocycles. The number of hydrogen-bond donors (Lipinski definition) is 2. The Labute approximate surface area is 157 Å². The van der Waals surface area contributed by atoms with E-state index >= 15 is 0 Å². The molecule has 1 aromatic rings. The predicted molar refractivity (Wildman–Crippen MR) is 102 cm³/mol. The third-order valence-electron chi connectivity index (χ3n) is 5.14. The molecule has 3 rings (SSSR count). The lowest BCUT2D eigenvalue weighted by molar-refractivity contribution is -0.123. The monoisotopic (exact) mass is 369 g/mol. The van der Waals surface area contributed by atoms with Crippen LogP contribution in [-0.2, 0) is 11.3 Å². The largest absolute Gasteiger partial charge is 0.354 e. The lowest BCUT2D eigenvalue weighted by atomic mass is 9.97. The molecule has 2 unspecified atom stereocenters. The molecule has 0 radical (unpaired) electrons. The highest BCUT2D eigenvalue weighted by atomic mass is 35.5. The van der Waals surface area contributed by atoms with E-state index < -0.39 is 0 Å². The summed E-state index contributed by atoms with van der Waals surface area (Å²) in [7, 11) is 0. The van der Waals surface area contributed by atoms with E-state index in [1.807, 2.05) is 10.9 Å². The Morgan fingerprint density at radius 2 is 2.24 bits per heavy atom. The molecular formula is C18H32ClN5O. The van der Waals surface area contributed by atoms with Gasteiger partial charge in [0.25, 0.3) is 0 Å². The fourth-order valence-corrected chi connectivity index (χ4v) is 3.74. The van der Waals surface area contributed by atoms with Gasteiger partial charge < -0.3 is 10.6 Å². The zero-order valence-electron chi connectivity index (χ0n) is 15.4. The Morgan fingerprint density at radius 3 is 2.92 bits per heavy atom. The second-order valence-electron chi connectivity index (χ2n) is 7.56. The van der Waals surface area contributed by atoms with E-state index in [9.17, 15) is 4.79 Å². The number of hydrogen-bond acceptors (Lipinski definition) is 4. The first-order chi connectivity index (χ1) is 11.6. The van der Waals surface area contributed by atoms with Crippen molar-refractivity contribution < 1.29 is 4.79 Å². The summed E-state index contributed by atoms with van der Waals surface area (Å²) >= 11 is 0. The zero-order chi connectivity index (χ0) is 16.9.